The summed E-state index contributed by atoms with van der Waals surface area (Å²) in [6, 6.07) is 24.6. The minimum Gasteiger partial charge on any atom is -0.497 e. The molecule has 0 saturated carbocycles. The molecule has 0 saturated heterocycles. The SMILES string of the molecule is COc1cccc(C=Nn2c3nc4ccccc4nc3c3c(=O)n(-c4ccccc4)c(C)nc32)c1. The lowest BCUT2D eigenvalue weighted by Gasteiger charge is -2.09. The van der Waals surface area contributed by atoms with Crippen molar-refractivity contribution < 1.29 is 4.74 Å². The average molecular weight is 460 g/mol. The van der Waals surface area contributed by atoms with Crippen molar-refractivity contribution in [3.63, 3.8) is 0 Å². The molecule has 0 unspecified atom stereocenters. The van der Waals surface area contributed by atoms with Gasteiger partial charge in [-0.2, -0.15) is 9.78 Å². The first kappa shape index (κ1) is 20.7. The number of nitrogens with zero attached hydrogens (tertiary/aromatic N) is 6. The van der Waals surface area contributed by atoms with Gasteiger partial charge < -0.3 is 4.74 Å². The van der Waals surface area contributed by atoms with E-state index in [-0.39, 0.29) is 5.56 Å². The fourth-order valence-electron chi connectivity index (χ4n) is 4.22. The Hall–Kier alpha value is -4.85. The molecular weight excluding hydrogens is 440 g/mol. The second kappa shape index (κ2) is 8.18. The Bertz CT molecular complexity index is 1820. The van der Waals surface area contributed by atoms with Crippen molar-refractivity contribution in [1.29, 1.82) is 0 Å². The van der Waals surface area contributed by atoms with Crippen molar-refractivity contribution in [2.45, 2.75) is 6.92 Å². The van der Waals surface area contributed by atoms with Crippen molar-refractivity contribution >= 4 is 39.4 Å². The zero-order valence-electron chi connectivity index (χ0n) is 19.1. The van der Waals surface area contributed by atoms with Crippen LogP contribution < -0.4 is 10.3 Å². The summed E-state index contributed by atoms with van der Waals surface area (Å²) in [5.74, 6) is 1.26. The molecule has 0 bridgehead atoms. The first-order valence-electron chi connectivity index (χ1n) is 11.1. The lowest BCUT2D eigenvalue weighted by molar-refractivity contribution is 0.415. The molecule has 6 rings (SSSR count). The van der Waals surface area contributed by atoms with E-state index in [2.05, 4.69) is 5.10 Å². The van der Waals surface area contributed by atoms with Gasteiger partial charge in [-0.3, -0.25) is 9.36 Å². The number of aryl methyl sites for hydroxylation is 1. The molecule has 0 N–H and O–H groups in total. The molecule has 3 heterocycles. The third-order valence-corrected chi connectivity index (χ3v) is 5.85. The number of para-hydroxylation sites is 3. The summed E-state index contributed by atoms with van der Waals surface area (Å²) in [4.78, 5) is 28.2. The van der Waals surface area contributed by atoms with Crippen LogP contribution in [0, 0.1) is 6.92 Å². The zero-order chi connectivity index (χ0) is 23.9. The smallest absolute Gasteiger partial charge is 0.269 e. The van der Waals surface area contributed by atoms with Crippen molar-refractivity contribution in [3.8, 4) is 11.4 Å². The van der Waals surface area contributed by atoms with E-state index in [4.69, 9.17) is 19.7 Å². The van der Waals surface area contributed by atoms with Gasteiger partial charge >= 0.3 is 0 Å². The summed E-state index contributed by atoms with van der Waals surface area (Å²) in [5.41, 5.74) is 4.09. The molecule has 0 aliphatic heterocycles. The van der Waals surface area contributed by atoms with Crippen LogP contribution in [-0.4, -0.2) is 37.5 Å². The van der Waals surface area contributed by atoms with Gasteiger partial charge in [0.15, 0.2) is 11.3 Å². The minimum absolute atomic E-state index is 0.219. The number of methoxy groups -OCH3 is 1. The highest BCUT2D eigenvalue weighted by atomic mass is 16.5. The Balaban J connectivity index is 1.69. The van der Waals surface area contributed by atoms with Crippen LogP contribution in [0.2, 0.25) is 0 Å². The van der Waals surface area contributed by atoms with Crippen LogP contribution in [-0.2, 0) is 0 Å². The van der Waals surface area contributed by atoms with Gasteiger partial charge in [0.2, 0.25) is 0 Å². The Kier molecular flexibility index (Phi) is 4.84. The van der Waals surface area contributed by atoms with Crippen molar-refractivity contribution in [2.24, 2.45) is 5.10 Å². The van der Waals surface area contributed by atoms with E-state index in [1.807, 2.05) is 78.9 Å². The minimum atomic E-state index is -0.219. The number of benzene rings is 3. The van der Waals surface area contributed by atoms with Gasteiger partial charge in [-0.1, -0.05) is 42.5 Å². The molecule has 0 aliphatic rings. The summed E-state index contributed by atoms with van der Waals surface area (Å²) < 4.78 is 8.50. The van der Waals surface area contributed by atoms with Crippen LogP contribution in [0.5, 0.6) is 5.75 Å². The Morgan fingerprint density at radius 3 is 2.37 bits per heavy atom. The molecule has 0 amide bonds. The van der Waals surface area contributed by atoms with Crippen LogP contribution in [0.1, 0.15) is 11.4 Å². The molecule has 0 spiro atoms. The maximum absolute atomic E-state index is 13.8. The number of hydrogen-bond acceptors (Lipinski definition) is 6. The quantitative estimate of drug-likeness (QED) is 0.362. The number of ether oxygens (including phenoxy) is 1. The van der Waals surface area contributed by atoms with Crippen LogP contribution in [0.25, 0.3) is 38.9 Å². The van der Waals surface area contributed by atoms with Crippen molar-refractivity contribution in [3.05, 3.63) is 101 Å². The normalized spacial score (nSPS) is 11.7. The van der Waals surface area contributed by atoms with E-state index in [1.165, 1.54) is 0 Å². The third-order valence-electron chi connectivity index (χ3n) is 5.85. The van der Waals surface area contributed by atoms with E-state index in [9.17, 15) is 4.79 Å². The number of hydrogen-bond donors (Lipinski definition) is 0. The largest absolute Gasteiger partial charge is 0.497 e. The van der Waals surface area contributed by atoms with Crippen LogP contribution in [0.4, 0.5) is 0 Å². The first-order valence-corrected chi connectivity index (χ1v) is 11.1. The summed E-state index contributed by atoms with van der Waals surface area (Å²) in [6.07, 6.45) is 1.69. The molecule has 0 aliphatic carbocycles. The summed E-state index contributed by atoms with van der Waals surface area (Å²) in [7, 11) is 1.62. The highest BCUT2D eigenvalue weighted by Crippen LogP contribution is 2.26. The zero-order valence-corrected chi connectivity index (χ0v) is 19.1. The van der Waals surface area contributed by atoms with E-state index < -0.39 is 0 Å². The number of aromatic nitrogens is 5. The van der Waals surface area contributed by atoms with Gasteiger partial charge in [-0.05, 0) is 48.9 Å². The predicted octanol–water partition coefficient (Wildman–Crippen LogP) is 4.48. The molecular formula is C27H20N6O2. The fraction of sp³-hybridized carbons (Fsp3) is 0.0741. The van der Waals surface area contributed by atoms with E-state index in [0.29, 0.717) is 39.1 Å². The second-order valence-electron chi connectivity index (χ2n) is 8.05. The van der Waals surface area contributed by atoms with Crippen molar-refractivity contribution in [2.75, 3.05) is 7.11 Å². The van der Waals surface area contributed by atoms with Gasteiger partial charge in [0, 0.05) is 0 Å². The monoisotopic (exact) mass is 460 g/mol. The molecule has 35 heavy (non-hydrogen) atoms. The summed E-state index contributed by atoms with van der Waals surface area (Å²) >= 11 is 0. The maximum atomic E-state index is 13.8. The third kappa shape index (κ3) is 3.43. The summed E-state index contributed by atoms with van der Waals surface area (Å²) in [5, 5.41) is 5.05. The van der Waals surface area contributed by atoms with E-state index in [0.717, 1.165) is 17.0 Å². The second-order valence-corrected chi connectivity index (χ2v) is 8.05. The van der Waals surface area contributed by atoms with Crippen LogP contribution in [0.3, 0.4) is 0 Å². The molecule has 0 radical (unpaired) electrons. The molecule has 0 fully saturated rings. The Labute approximate surface area is 199 Å². The topological polar surface area (TPSA) is 87.2 Å². The van der Waals surface area contributed by atoms with E-state index >= 15 is 0 Å². The summed E-state index contributed by atoms with van der Waals surface area (Å²) in [6.45, 7) is 1.80. The molecule has 6 aromatic rings. The molecule has 8 nitrogen and oxygen atoms in total. The van der Waals surface area contributed by atoms with Crippen LogP contribution in [0.15, 0.2) is 88.8 Å². The maximum Gasteiger partial charge on any atom is 0.269 e. The average Bonchev–Trinajstić information content (AvgIpc) is 3.19. The number of fused-ring (bicyclic) bond motifs is 4. The molecule has 3 aromatic carbocycles. The highest BCUT2D eigenvalue weighted by Gasteiger charge is 2.21. The van der Waals surface area contributed by atoms with Gasteiger partial charge in [-0.25, -0.2) is 15.0 Å². The molecule has 170 valence electrons. The number of rotatable bonds is 4. The molecule has 8 heteroatoms. The highest BCUT2D eigenvalue weighted by molar-refractivity contribution is 6.05. The van der Waals surface area contributed by atoms with Crippen LogP contribution >= 0.6 is 0 Å². The lowest BCUT2D eigenvalue weighted by atomic mass is 10.2. The van der Waals surface area contributed by atoms with Gasteiger partial charge in [0.05, 0.1) is 30.0 Å². The molecule has 0 atom stereocenters. The predicted molar refractivity (Wildman–Crippen MR) is 137 cm³/mol. The van der Waals surface area contributed by atoms with Gasteiger partial charge in [0.1, 0.15) is 22.5 Å². The molecule has 3 aromatic heterocycles. The van der Waals surface area contributed by atoms with Gasteiger partial charge in [-0.15, -0.1) is 0 Å². The fourth-order valence-corrected chi connectivity index (χ4v) is 4.22. The lowest BCUT2D eigenvalue weighted by Crippen LogP contribution is -2.22. The van der Waals surface area contributed by atoms with Gasteiger partial charge in [0.25, 0.3) is 5.56 Å². The first-order chi connectivity index (χ1) is 17.1. The Morgan fingerprint density at radius 1 is 0.857 bits per heavy atom. The standard InChI is InChI=1S/C27H20N6O2/c1-17-29-25-23(27(34)32(17)19-10-4-3-5-11-19)24-26(31-22-14-7-6-13-21(22)30-24)33(25)28-16-18-9-8-12-20(15-18)35-2/h3-16H,1-2H3. The van der Waals surface area contributed by atoms with E-state index in [1.54, 1.807) is 29.5 Å². The van der Waals surface area contributed by atoms with Crippen molar-refractivity contribution in [1.82, 2.24) is 24.2 Å². The Morgan fingerprint density at radius 2 is 1.60 bits per heavy atom.